The molecule has 646 valence electrons. The van der Waals surface area contributed by atoms with Crippen LogP contribution in [0.5, 0.6) is 0 Å². The molecule has 5 aromatic carbocycles. The van der Waals surface area contributed by atoms with Gasteiger partial charge in [-0.05, 0) is 60.7 Å². The van der Waals surface area contributed by atoms with E-state index in [9.17, 15) is 22.4 Å². The highest BCUT2D eigenvalue weighted by atomic mass is 35.5. The highest BCUT2D eigenvalue weighted by Gasteiger charge is 2.24. The Morgan fingerprint density at radius 1 is 0.402 bits per heavy atom. The third-order valence-corrected chi connectivity index (χ3v) is 18.9. The third-order valence-electron chi connectivity index (χ3n) is 17.9. The fraction of sp³-hybridized carbons (Fsp3) is 0.0952. The molecule has 0 aliphatic heterocycles. The molecule has 127 heavy (non-hydrogen) atoms. The third kappa shape index (κ3) is 22.4. The molecular weight excluding hydrogens is 1720 g/mol. The number of thiazole rings is 1. The first-order valence-electron chi connectivity index (χ1n) is 36.5. The van der Waals surface area contributed by atoms with Crippen LogP contribution in [0.4, 0.5) is 68.7 Å². The molecule has 0 saturated heterocycles. The van der Waals surface area contributed by atoms with Crippen molar-refractivity contribution in [1.82, 2.24) is 105 Å². The standard InChI is InChI=1S/C26H20FN7O2S.C20H15FN8OS.C18H15FN8OS.C17H14FN7O.3CH4.ClH/c27-18-9-5-4-8-17(18)15-34-22(19-10-11-36-33-19)12-20(32-34)26-29-14-21(25(28)31-26)30-24(37)13-23(35)16-6-2-1-3-7-16;21-13-4-2-1-3-12(13)11-29-17(14-5-7-30-28-14)9-15(27-29)19-24-10-16(18(22)26-19)25-20-23-6-8-31-20;19-11-4-2-1-3-10(11)9-27-15(12-5-6-28-26-12)7-13(25-27)17-22-8-14(16(20)24-17)23-18(21)29;18-11-4-2-1-3-10(11)9-25-15(13-5-6-26-24-13)7-14(23-25)17-21-8-12(19)16(20)22-17;;;;/h1-12,14H,13,15H2,(H,30,37)(H2,28,29,31);1-10H,11H2,(H,23,25)(H2,22,24,26);1-8H,9H2,(H2,20,22,24)(H3,21,23,29);1-8H,9,19H2,(H2,20,21,22);3*1H4;1H. The molecule has 0 aliphatic rings. The van der Waals surface area contributed by atoms with Crippen LogP contribution in [0.3, 0.4) is 0 Å². The number of Topliss-reactive ketones (excluding diaryl/α,β-unsaturated/α-hetero) is 1. The first kappa shape index (κ1) is 91.5. The first-order valence-corrected chi connectivity index (χ1v) is 38.2. The summed E-state index contributed by atoms with van der Waals surface area (Å²) in [4.78, 5) is 51.2. The number of nitrogens with two attached hydrogens (primary N) is 6. The largest absolute Gasteiger partial charge is 0.394 e. The van der Waals surface area contributed by atoms with E-state index >= 15 is 0 Å². The number of nitrogens with zero attached hydrogens (tertiary/aromatic N) is 21. The zero-order valence-corrected chi connectivity index (χ0v) is 67.4. The number of aromatic nitrogens is 21. The maximum Gasteiger partial charge on any atom is 0.187 e. The lowest BCUT2D eigenvalue weighted by Crippen LogP contribution is -2.20. The summed E-state index contributed by atoms with van der Waals surface area (Å²) in [6.07, 6.45) is 13.4. The number of nitrogen functional groups attached to an aromatic ring is 5. The molecule has 0 radical (unpaired) electrons. The van der Waals surface area contributed by atoms with Crippen LogP contribution < -0.4 is 50.4 Å². The van der Waals surface area contributed by atoms with E-state index < -0.39 is 0 Å². The van der Waals surface area contributed by atoms with Crippen LogP contribution >= 0.6 is 48.2 Å². The number of halogens is 5. The lowest BCUT2D eigenvalue weighted by atomic mass is 10.1. The van der Waals surface area contributed by atoms with E-state index in [0.717, 1.165) is 0 Å². The van der Waals surface area contributed by atoms with Gasteiger partial charge in [-0.2, -0.15) is 20.4 Å². The maximum absolute atomic E-state index is 14.3. The van der Waals surface area contributed by atoms with Crippen molar-refractivity contribution in [2.75, 3.05) is 44.6 Å². The summed E-state index contributed by atoms with van der Waals surface area (Å²) in [6.45, 7) is 0.756. The summed E-state index contributed by atoms with van der Waals surface area (Å²) >= 11 is 11.6. The number of nitrogens with one attached hydrogen (secondary N) is 3. The van der Waals surface area contributed by atoms with Gasteiger partial charge in [0.1, 0.15) is 111 Å². The number of rotatable bonds is 23. The van der Waals surface area contributed by atoms with Gasteiger partial charge in [-0.3, -0.25) is 23.5 Å². The average molecular weight is 1790 g/mol. The molecular formula is C84H77ClF4N30O5S3. The van der Waals surface area contributed by atoms with Crippen LogP contribution in [-0.4, -0.2) is 120 Å². The Labute approximate surface area is 741 Å². The predicted molar refractivity (Wildman–Crippen MR) is 484 cm³/mol. The van der Waals surface area contributed by atoms with Gasteiger partial charge in [0.2, 0.25) is 0 Å². The summed E-state index contributed by atoms with van der Waals surface area (Å²) in [5.41, 5.74) is 45.6. The summed E-state index contributed by atoms with van der Waals surface area (Å²) in [7, 11) is 0. The van der Waals surface area contributed by atoms with Gasteiger partial charge < -0.3 is 68.4 Å². The summed E-state index contributed by atoms with van der Waals surface area (Å²) < 4.78 is 82.9. The Bertz CT molecular complexity index is 6720. The minimum absolute atomic E-state index is 0. The van der Waals surface area contributed by atoms with Crippen molar-refractivity contribution < 1.29 is 40.4 Å². The van der Waals surface area contributed by atoms with Crippen LogP contribution in [0.25, 0.3) is 91.6 Å². The van der Waals surface area contributed by atoms with Crippen molar-refractivity contribution in [3.63, 3.8) is 0 Å². The number of hydrogen-bond acceptors (Lipinski definition) is 31. The number of anilines is 9. The lowest BCUT2D eigenvalue weighted by Gasteiger charge is -2.10. The number of carbonyl (C=O) groups excluding carboxylic acids is 1. The first-order chi connectivity index (χ1) is 59.8. The van der Waals surface area contributed by atoms with E-state index in [2.05, 4.69) is 102 Å². The van der Waals surface area contributed by atoms with Crippen molar-refractivity contribution in [2.24, 2.45) is 5.73 Å². The minimum atomic E-state index is -0.344. The van der Waals surface area contributed by atoms with Gasteiger partial charge in [-0.25, -0.2) is 62.4 Å². The Kier molecular flexibility index (Phi) is 30.3. The van der Waals surface area contributed by atoms with Gasteiger partial charge in [0, 0.05) is 63.7 Å². The van der Waals surface area contributed by atoms with Crippen molar-refractivity contribution in [1.29, 1.82) is 0 Å². The SMILES string of the molecule is C.C.C.Cl.NC(=S)Nc1cnc(-c2cc(-c3ccon3)n(Cc3ccccc3F)n2)nc1N.Nc1cnc(-c2cc(-c3ccon3)n(Cc3ccccc3F)n2)nc1N.Nc1nc(-c2cc(-c3ccon3)n(Cc3ccccc3F)n2)ncc1NC(=S)CC(=O)c1ccccc1.Nc1nc(-c2cc(-c3ccon3)n(Cc3ccccc3F)n2)ncc1Nc1nccs1. The summed E-state index contributed by atoms with van der Waals surface area (Å²) in [5.74, 6) is 0.483. The number of ketones is 1. The maximum atomic E-state index is 14.3. The number of hydrogen-bond donors (Lipinski definition) is 9. The normalized spacial score (nSPS) is 10.6. The van der Waals surface area contributed by atoms with Crippen molar-refractivity contribution >= 4 is 115 Å². The molecule has 0 spiro atoms. The lowest BCUT2D eigenvalue weighted by molar-refractivity contribution is 0.100. The second-order valence-electron chi connectivity index (χ2n) is 26.2. The fourth-order valence-corrected chi connectivity index (χ4v) is 12.8. The fourth-order valence-electron chi connectivity index (χ4n) is 11.9. The molecule has 0 saturated carbocycles. The molecule has 0 aliphatic carbocycles. The highest BCUT2D eigenvalue weighted by Crippen LogP contribution is 2.33. The van der Waals surface area contributed by atoms with Crippen LogP contribution in [0.1, 0.15) is 61.3 Å². The molecule has 0 fully saturated rings. The second-order valence-corrected chi connectivity index (χ2v) is 28.0. The summed E-state index contributed by atoms with van der Waals surface area (Å²) in [5, 5.41) is 45.3. The van der Waals surface area contributed by atoms with E-state index in [0.29, 0.717) is 135 Å². The van der Waals surface area contributed by atoms with Gasteiger partial charge in [0.25, 0.3) is 0 Å². The van der Waals surface area contributed by atoms with Crippen LogP contribution in [0, 0.1) is 23.3 Å². The zero-order chi connectivity index (χ0) is 85.5. The second kappa shape index (κ2) is 42.0. The van der Waals surface area contributed by atoms with E-state index in [1.54, 1.807) is 177 Å². The Morgan fingerprint density at radius 3 is 1.03 bits per heavy atom. The molecule has 18 aromatic rings. The summed E-state index contributed by atoms with van der Waals surface area (Å²) in [6, 6.07) is 48.6. The molecule has 0 amide bonds. The van der Waals surface area contributed by atoms with Crippen LogP contribution in [-0.2, 0) is 26.2 Å². The highest BCUT2D eigenvalue weighted by molar-refractivity contribution is 7.80. The molecule has 15 N–H and O–H groups in total. The quantitative estimate of drug-likeness (QED) is 0.0163. The minimum Gasteiger partial charge on any atom is -0.394 e. The van der Waals surface area contributed by atoms with Gasteiger partial charge >= 0.3 is 0 Å². The Morgan fingerprint density at radius 2 is 0.724 bits per heavy atom. The average Bonchev–Trinajstić information content (AvgIpc) is 1.68. The number of thiocarbonyl (C=S) groups is 2. The molecule has 43 heteroatoms. The molecule has 18 rings (SSSR count). The van der Waals surface area contributed by atoms with Gasteiger partial charge in [0.15, 0.2) is 62.6 Å². The van der Waals surface area contributed by atoms with Gasteiger partial charge in [-0.1, -0.05) is 158 Å². The number of benzene rings is 5. The topological polar surface area (TPSA) is 501 Å². The Balaban J connectivity index is 0.000000164. The molecule has 0 atom stereocenters. The van der Waals surface area contributed by atoms with E-state index in [-0.39, 0.29) is 142 Å². The van der Waals surface area contributed by atoms with Crippen molar-refractivity contribution in [3.8, 4) is 91.6 Å². The van der Waals surface area contributed by atoms with Gasteiger partial charge in [0.05, 0.1) is 90.8 Å². The zero-order valence-electron chi connectivity index (χ0n) is 64.1. The van der Waals surface area contributed by atoms with Crippen molar-refractivity contribution in [2.45, 2.75) is 54.9 Å². The molecule has 0 unspecified atom stereocenters. The van der Waals surface area contributed by atoms with Crippen LogP contribution in [0.2, 0.25) is 0 Å². The van der Waals surface area contributed by atoms with E-state index in [4.69, 9.17) is 76.9 Å². The molecule has 13 heterocycles. The van der Waals surface area contributed by atoms with Crippen LogP contribution in [0.15, 0.2) is 255 Å². The molecule has 35 nitrogen and oxygen atoms in total. The monoisotopic (exact) mass is 1790 g/mol. The predicted octanol–water partition coefficient (Wildman–Crippen LogP) is 15.8. The molecule has 13 aromatic heterocycles. The van der Waals surface area contributed by atoms with Crippen molar-refractivity contribution in [3.05, 3.63) is 288 Å². The van der Waals surface area contributed by atoms with E-state index in [1.165, 1.54) is 79.2 Å². The smallest absolute Gasteiger partial charge is 0.187 e. The Hall–Kier alpha value is -16.2. The van der Waals surface area contributed by atoms with E-state index in [1.807, 2.05) is 11.4 Å². The number of carbonyl (C=O) groups is 1. The van der Waals surface area contributed by atoms with Gasteiger partial charge in [-0.15, -0.1) is 23.7 Å². The molecule has 0 bridgehead atoms.